The quantitative estimate of drug-likeness (QED) is 0.744. The van der Waals surface area contributed by atoms with Crippen molar-refractivity contribution in [2.75, 3.05) is 5.73 Å². The van der Waals surface area contributed by atoms with Gasteiger partial charge in [-0.05, 0) is 48.7 Å². The van der Waals surface area contributed by atoms with Crippen LogP contribution < -0.4 is 5.73 Å². The van der Waals surface area contributed by atoms with Crippen molar-refractivity contribution < 1.29 is 4.39 Å². The Labute approximate surface area is 93.9 Å². The lowest BCUT2D eigenvalue weighted by molar-refractivity contribution is 0.631. The molecular formula is C13H13FN2. The molecule has 0 atom stereocenters. The van der Waals surface area contributed by atoms with Crippen LogP contribution in [0.4, 0.5) is 10.1 Å². The molecule has 0 amide bonds. The molecule has 0 bridgehead atoms. The predicted molar refractivity (Wildman–Crippen MR) is 63.5 cm³/mol. The third-order valence-electron chi connectivity index (χ3n) is 2.53. The lowest BCUT2D eigenvalue weighted by Gasteiger charge is -2.08. The first kappa shape index (κ1) is 10.6. The zero-order valence-corrected chi connectivity index (χ0v) is 9.29. The van der Waals surface area contributed by atoms with Crippen LogP contribution in [0.25, 0.3) is 11.1 Å². The summed E-state index contributed by atoms with van der Waals surface area (Å²) in [6.45, 7) is 3.83. The Kier molecular flexibility index (Phi) is 2.60. The van der Waals surface area contributed by atoms with Crippen LogP contribution in [0.15, 0.2) is 30.6 Å². The van der Waals surface area contributed by atoms with Gasteiger partial charge in [0, 0.05) is 18.0 Å². The van der Waals surface area contributed by atoms with Crippen LogP contribution in [0.1, 0.15) is 11.1 Å². The van der Waals surface area contributed by atoms with Gasteiger partial charge in [0.1, 0.15) is 5.82 Å². The van der Waals surface area contributed by atoms with E-state index in [9.17, 15) is 4.39 Å². The number of nitrogen functional groups attached to an aromatic ring is 1. The Morgan fingerprint density at radius 1 is 1.12 bits per heavy atom. The van der Waals surface area contributed by atoms with E-state index in [-0.39, 0.29) is 11.5 Å². The molecule has 2 aromatic rings. The molecule has 0 aliphatic carbocycles. The summed E-state index contributed by atoms with van der Waals surface area (Å²) in [6, 6.07) is 5.11. The Morgan fingerprint density at radius 2 is 1.88 bits per heavy atom. The number of aryl methyl sites for hydroxylation is 2. The standard InChI is InChI=1S/C13H13FN2/c1-8-3-10(7-16-6-8)11-5-13(15)12(14)4-9(11)2/h3-7H,15H2,1-2H3. The molecule has 0 saturated carbocycles. The third kappa shape index (κ3) is 1.89. The van der Waals surface area contributed by atoms with E-state index >= 15 is 0 Å². The van der Waals surface area contributed by atoms with Crippen LogP contribution >= 0.6 is 0 Å². The second-order valence-electron chi connectivity index (χ2n) is 3.94. The van der Waals surface area contributed by atoms with Gasteiger partial charge in [-0.25, -0.2) is 4.39 Å². The van der Waals surface area contributed by atoms with Gasteiger partial charge >= 0.3 is 0 Å². The van der Waals surface area contributed by atoms with Crippen LogP contribution in [-0.2, 0) is 0 Å². The van der Waals surface area contributed by atoms with E-state index in [0.29, 0.717) is 0 Å². The number of benzene rings is 1. The number of aromatic nitrogens is 1. The first-order chi connectivity index (χ1) is 7.58. The number of pyridine rings is 1. The molecule has 0 aliphatic heterocycles. The van der Waals surface area contributed by atoms with Gasteiger partial charge in [-0.15, -0.1) is 0 Å². The maximum Gasteiger partial charge on any atom is 0.146 e. The molecule has 2 rings (SSSR count). The van der Waals surface area contributed by atoms with Crippen LogP contribution in [0.3, 0.4) is 0 Å². The van der Waals surface area contributed by atoms with Crippen molar-refractivity contribution in [3.05, 3.63) is 47.5 Å². The minimum atomic E-state index is -0.373. The van der Waals surface area contributed by atoms with Crippen molar-refractivity contribution in [3.8, 4) is 11.1 Å². The number of anilines is 1. The fourth-order valence-corrected chi connectivity index (χ4v) is 1.70. The number of rotatable bonds is 1. The summed E-state index contributed by atoms with van der Waals surface area (Å²) in [7, 11) is 0. The van der Waals surface area contributed by atoms with E-state index in [0.717, 1.165) is 22.3 Å². The van der Waals surface area contributed by atoms with Crippen LogP contribution in [0.2, 0.25) is 0 Å². The highest BCUT2D eigenvalue weighted by Crippen LogP contribution is 2.27. The largest absolute Gasteiger partial charge is 0.396 e. The average molecular weight is 216 g/mol. The van der Waals surface area contributed by atoms with E-state index in [4.69, 9.17) is 5.73 Å². The average Bonchev–Trinajstić information content (AvgIpc) is 2.23. The summed E-state index contributed by atoms with van der Waals surface area (Å²) in [5.74, 6) is -0.373. The first-order valence-electron chi connectivity index (χ1n) is 5.05. The molecule has 16 heavy (non-hydrogen) atoms. The van der Waals surface area contributed by atoms with Gasteiger partial charge in [-0.3, -0.25) is 4.98 Å². The molecule has 0 spiro atoms. The summed E-state index contributed by atoms with van der Waals surface area (Å²) >= 11 is 0. The predicted octanol–water partition coefficient (Wildman–Crippen LogP) is 3.09. The smallest absolute Gasteiger partial charge is 0.146 e. The summed E-state index contributed by atoms with van der Waals surface area (Å²) in [4.78, 5) is 4.12. The van der Waals surface area contributed by atoms with Gasteiger partial charge < -0.3 is 5.73 Å². The second kappa shape index (κ2) is 3.93. The van der Waals surface area contributed by atoms with Crippen molar-refractivity contribution in [2.24, 2.45) is 0 Å². The van der Waals surface area contributed by atoms with Crippen molar-refractivity contribution >= 4 is 5.69 Å². The van der Waals surface area contributed by atoms with Crippen LogP contribution in [-0.4, -0.2) is 4.98 Å². The Morgan fingerprint density at radius 3 is 2.56 bits per heavy atom. The maximum absolute atomic E-state index is 13.2. The van der Waals surface area contributed by atoms with Gasteiger partial charge in [0.25, 0.3) is 0 Å². The van der Waals surface area contributed by atoms with Crippen molar-refractivity contribution in [3.63, 3.8) is 0 Å². The normalized spacial score (nSPS) is 10.4. The lowest BCUT2D eigenvalue weighted by Crippen LogP contribution is -1.94. The van der Waals surface area contributed by atoms with E-state index < -0.39 is 0 Å². The van der Waals surface area contributed by atoms with Crippen LogP contribution in [0, 0.1) is 19.7 Å². The SMILES string of the molecule is Cc1cncc(-c2cc(N)c(F)cc2C)c1. The fraction of sp³-hybridized carbons (Fsp3) is 0.154. The molecule has 0 unspecified atom stereocenters. The summed E-state index contributed by atoms with van der Waals surface area (Å²) in [5.41, 5.74) is 9.56. The Balaban J connectivity index is 2.60. The van der Waals surface area contributed by atoms with Gasteiger partial charge in [0.2, 0.25) is 0 Å². The molecule has 2 N–H and O–H groups in total. The highest BCUT2D eigenvalue weighted by atomic mass is 19.1. The number of nitrogens with zero attached hydrogens (tertiary/aromatic N) is 1. The molecular weight excluding hydrogens is 203 g/mol. The van der Waals surface area contributed by atoms with Gasteiger partial charge in [0.15, 0.2) is 0 Å². The molecule has 0 saturated heterocycles. The Bertz CT molecular complexity index is 535. The zero-order valence-electron chi connectivity index (χ0n) is 9.29. The highest BCUT2D eigenvalue weighted by molar-refractivity contribution is 5.70. The molecule has 0 radical (unpaired) electrons. The number of halogens is 1. The third-order valence-corrected chi connectivity index (χ3v) is 2.53. The molecule has 1 heterocycles. The number of nitrogens with two attached hydrogens (primary N) is 1. The second-order valence-corrected chi connectivity index (χ2v) is 3.94. The van der Waals surface area contributed by atoms with E-state index in [2.05, 4.69) is 4.98 Å². The molecule has 3 heteroatoms. The minimum Gasteiger partial charge on any atom is -0.396 e. The van der Waals surface area contributed by atoms with Gasteiger partial charge in [-0.2, -0.15) is 0 Å². The first-order valence-corrected chi connectivity index (χ1v) is 5.05. The van der Waals surface area contributed by atoms with Gasteiger partial charge in [0.05, 0.1) is 5.69 Å². The number of hydrogen-bond acceptors (Lipinski definition) is 2. The van der Waals surface area contributed by atoms with Crippen molar-refractivity contribution in [2.45, 2.75) is 13.8 Å². The monoisotopic (exact) mass is 216 g/mol. The van der Waals surface area contributed by atoms with Crippen LogP contribution in [0.5, 0.6) is 0 Å². The van der Waals surface area contributed by atoms with E-state index in [1.54, 1.807) is 18.5 Å². The molecule has 0 aliphatic rings. The number of hydrogen-bond donors (Lipinski definition) is 1. The molecule has 2 nitrogen and oxygen atoms in total. The summed E-state index contributed by atoms with van der Waals surface area (Å²) in [5, 5.41) is 0. The minimum absolute atomic E-state index is 0.169. The summed E-state index contributed by atoms with van der Waals surface area (Å²) < 4.78 is 13.2. The summed E-state index contributed by atoms with van der Waals surface area (Å²) in [6.07, 6.45) is 3.54. The Hall–Kier alpha value is -1.90. The van der Waals surface area contributed by atoms with E-state index in [1.165, 1.54) is 6.07 Å². The maximum atomic E-state index is 13.2. The van der Waals surface area contributed by atoms with Crippen molar-refractivity contribution in [1.82, 2.24) is 4.98 Å². The van der Waals surface area contributed by atoms with E-state index in [1.807, 2.05) is 19.9 Å². The highest BCUT2D eigenvalue weighted by Gasteiger charge is 2.07. The van der Waals surface area contributed by atoms with Gasteiger partial charge in [-0.1, -0.05) is 0 Å². The fourth-order valence-electron chi connectivity index (χ4n) is 1.70. The molecule has 82 valence electrons. The van der Waals surface area contributed by atoms with Crippen molar-refractivity contribution in [1.29, 1.82) is 0 Å². The molecule has 0 fully saturated rings. The lowest BCUT2D eigenvalue weighted by atomic mass is 10.0. The molecule has 1 aromatic heterocycles. The topological polar surface area (TPSA) is 38.9 Å². The molecule has 1 aromatic carbocycles. The zero-order chi connectivity index (χ0) is 11.7.